The van der Waals surface area contributed by atoms with E-state index in [4.69, 9.17) is 35.6 Å². The Bertz CT molecular complexity index is 1780. The number of phosphoric acid groups is 1. The molecular weight excluding hydrogens is 689 g/mol. The van der Waals surface area contributed by atoms with E-state index >= 15 is 0 Å². The van der Waals surface area contributed by atoms with Crippen LogP contribution in [0, 0.1) is 18.6 Å². The predicted octanol–water partition coefficient (Wildman–Crippen LogP) is 4.70. The number of carbonyl (C=O) groups excluding carboxylic acids is 3. The summed E-state index contributed by atoms with van der Waals surface area (Å²) >= 11 is 5.71. The van der Waals surface area contributed by atoms with Crippen LogP contribution in [0.25, 0.3) is 0 Å². The fraction of sp³-hybridized carbons (Fsp3) is 0.364. The second-order valence-corrected chi connectivity index (χ2v) is 13.8. The van der Waals surface area contributed by atoms with Crippen molar-refractivity contribution in [2.75, 3.05) is 13.2 Å². The van der Waals surface area contributed by atoms with E-state index in [-0.39, 0.29) is 35.1 Å². The summed E-state index contributed by atoms with van der Waals surface area (Å²) in [6.07, 6.45) is 0.459. The molecule has 0 spiro atoms. The molecule has 2 bridgehead atoms. The first kappa shape index (κ1) is 36.1. The van der Waals surface area contributed by atoms with Gasteiger partial charge in [-0.05, 0) is 74.1 Å². The van der Waals surface area contributed by atoms with Gasteiger partial charge in [-0.25, -0.2) is 13.3 Å². The fourth-order valence-electron chi connectivity index (χ4n) is 6.18. The molecule has 6 rings (SSSR count). The van der Waals surface area contributed by atoms with Crippen LogP contribution in [0.5, 0.6) is 17.2 Å². The van der Waals surface area contributed by atoms with Gasteiger partial charge in [0.05, 0.1) is 17.0 Å². The Labute approximate surface area is 285 Å². The van der Waals surface area contributed by atoms with Gasteiger partial charge in [-0.3, -0.25) is 24.2 Å². The monoisotopic (exact) mass is 722 g/mol. The van der Waals surface area contributed by atoms with Crippen molar-refractivity contribution in [2.24, 2.45) is 0 Å². The number of ether oxygens (including phenoxy) is 3. The molecule has 0 aliphatic heterocycles. The number of carbonyl (C=O) groups is 3. The van der Waals surface area contributed by atoms with Gasteiger partial charge in [0.25, 0.3) is 11.8 Å². The van der Waals surface area contributed by atoms with E-state index in [0.29, 0.717) is 36.8 Å². The van der Waals surface area contributed by atoms with Crippen LogP contribution < -0.4 is 24.6 Å². The van der Waals surface area contributed by atoms with Gasteiger partial charge in [0.1, 0.15) is 35.0 Å². The Morgan fingerprint density at radius 1 is 0.878 bits per heavy atom. The predicted molar refractivity (Wildman–Crippen MR) is 171 cm³/mol. The number of fused-ring (bicyclic) bond motifs is 3. The number of hydrogen-bond acceptors (Lipinski definition) is 8. The summed E-state index contributed by atoms with van der Waals surface area (Å²) in [6.45, 7) is 0.753. The molecule has 0 aromatic heterocycles. The first-order chi connectivity index (χ1) is 23.1. The van der Waals surface area contributed by atoms with Crippen molar-refractivity contribution in [3.8, 4) is 17.2 Å². The number of esters is 1. The van der Waals surface area contributed by atoms with Crippen LogP contribution in [0.3, 0.4) is 0 Å². The fourth-order valence-corrected chi connectivity index (χ4v) is 6.68. The van der Waals surface area contributed by atoms with Gasteiger partial charge >= 0.3 is 13.8 Å². The number of aryl methyl sites for hydroxylation is 1. The van der Waals surface area contributed by atoms with Gasteiger partial charge in [-0.15, -0.1) is 0 Å². The van der Waals surface area contributed by atoms with E-state index in [2.05, 4.69) is 15.2 Å². The third kappa shape index (κ3) is 9.48. The topological polar surface area (TPSA) is 170 Å². The van der Waals surface area contributed by atoms with Gasteiger partial charge < -0.3 is 29.4 Å². The summed E-state index contributed by atoms with van der Waals surface area (Å²) in [6, 6.07) is 13.7. The van der Waals surface area contributed by atoms with E-state index in [9.17, 15) is 27.7 Å². The smallest absolute Gasteiger partial charge is 0.484 e. The summed E-state index contributed by atoms with van der Waals surface area (Å²) < 4.78 is 60.6. The number of halogens is 3. The molecule has 3 aromatic carbocycles. The lowest BCUT2D eigenvalue weighted by Gasteiger charge is -2.57. The molecule has 3 aliphatic carbocycles. The standard InChI is InChI=1S/C33H34ClF2N2O10P/c1-20-5-6-22(15-26(20)35)46-19-30(40)38-33-11-9-32(10-12-33,37-29(39)18-45-23-7-8-25(34)27(36)16-23)17-28(33)47-31(41)14-21-3-2-4-24(13-21)48-49(42,43)44/h2-8,13,15-16,28H,9-12,14,17-19H2,1H3,(H,37,39)(H,38,40)(H2,42,43,44)/t28-,32?,33?/m0/s1. The number of hydrogen-bond donors (Lipinski definition) is 4. The van der Waals surface area contributed by atoms with Crippen molar-refractivity contribution in [2.45, 2.75) is 62.6 Å². The summed E-state index contributed by atoms with van der Waals surface area (Å²) in [4.78, 5) is 57.6. The molecule has 49 heavy (non-hydrogen) atoms. The lowest BCUT2D eigenvalue weighted by molar-refractivity contribution is -0.166. The van der Waals surface area contributed by atoms with Crippen LogP contribution in [0.2, 0.25) is 5.02 Å². The van der Waals surface area contributed by atoms with Crippen molar-refractivity contribution < 1.29 is 56.3 Å². The molecule has 3 fully saturated rings. The molecule has 3 saturated carbocycles. The van der Waals surface area contributed by atoms with Crippen LogP contribution in [-0.4, -0.2) is 58.0 Å². The number of nitrogens with one attached hydrogen (secondary N) is 2. The van der Waals surface area contributed by atoms with Crippen LogP contribution in [-0.2, 0) is 30.1 Å². The molecule has 262 valence electrons. The maximum absolute atomic E-state index is 14.0. The highest BCUT2D eigenvalue weighted by Gasteiger charge is 2.57. The largest absolute Gasteiger partial charge is 0.524 e. The molecule has 1 atom stereocenters. The van der Waals surface area contributed by atoms with Crippen LogP contribution >= 0.6 is 19.4 Å². The molecule has 0 heterocycles. The van der Waals surface area contributed by atoms with Gasteiger partial charge in [0, 0.05) is 24.1 Å². The SMILES string of the molecule is Cc1ccc(OCC(=O)NC23CCC(NC(=O)COc4ccc(Cl)c(F)c4)(CC2)C[C@@H]3OC(=O)Cc2cccc(OP(=O)(O)O)c2)cc1F. The zero-order chi connectivity index (χ0) is 35.4. The average Bonchev–Trinajstić information content (AvgIpc) is 3.02. The van der Waals surface area contributed by atoms with Gasteiger partial charge in [0.15, 0.2) is 13.2 Å². The Morgan fingerprint density at radius 3 is 2.14 bits per heavy atom. The molecule has 0 saturated heterocycles. The second-order valence-electron chi connectivity index (χ2n) is 12.2. The first-order valence-electron chi connectivity index (χ1n) is 15.3. The molecule has 12 nitrogen and oxygen atoms in total. The molecule has 16 heteroatoms. The van der Waals surface area contributed by atoms with Gasteiger partial charge in [-0.2, -0.15) is 0 Å². The van der Waals surface area contributed by atoms with Crippen molar-refractivity contribution in [3.05, 3.63) is 88.4 Å². The molecule has 3 aromatic rings. The van der Waals surface area contributed by atoms with Crippen LogP contribution in [0.4, 0.5) is 8.78 Å². The third-order valence-electron chi connectivity index (χ3n) is 8.60. The highest BCUT2D eigenvalue weighted by molar-refractivity contribution is 7.46. The van der Waals surface area contributed by atoms with Crippen molar-refractivity contribution in [1.82, 2.24) is 10.6 Å². The van der Waals surface area contributed by atoms with E-state index in [1.807, 2.05) is 0 Å². The Balaban J connectivity index is 1.28. The molecule has 4 N–H and O–H groups in total. The maximum Gasteiger partial charge on any atom is 0.524 e. The normalized spacial score (nSPS) is 21.4. The van der Waals surface area contributed by atoms with E-state index in [0.717, 1.165) is 6.07 Å². The highest BCUT2D eigenvalue weighted by Crippen LogP contribution is 2.48. The lowest BCUT2D eigenvalue weighted by Crippen LogP contribution is -2.71. The molecule has 0 radical (unpaired) electrons. The zero-order valence-electron chi connectivity index (χ0n) is 26.2. The molecule has 2 amide bonds. The van der Waals surface area contributed by atoms with Crippen LogP contribution in [0.1, 0.15) is 43.2 Å². The third-order valence-corrected chi connectivity index (χ3v) is 9.36. The summed E-state index contributed by atoms with van der Waals surface area (Å²) in [5.41, 5.74) is -1.04. The Hall–Kier alpha value is -4.23. The van der Waals surface area contributed by atoms with Crippen molar-refractivity contribution in [1.29, 1.82) is 0 Å². The van der Waals surface area contributed by atoms with Crippen molar-refractivity contribution >= 4 is 37.2 Å². The van der Waals surface area contributed by atoms with Gasteiger partial charge in [-0.1, -0.05) is 29.8 Å². The minimum absolute atomic E-state index is 0.0888. The van der Waals surface area contributed by atoms with Gasteiger partial charge in [0.2, 0.25) is 0 Å². The lowest BCUT2D eigenvalue weighted by atomic mass is 9.59. The number of rotatable bonds is 13. The molecule has 0 unspecified atom stereocenters. The number of phosphoric ester groups is 1. The zero-order valence-corrected chi connectivity index (χ0v) is 27.9. The minimum atomic E-state index is -4.83. The summed E-state index contributed by atoms with van der Waals surface area (Å²) in [5, 5.41) is 5.87. The maximum atomic E-state index is 14.0. The van der Waals surface area contributed by atoms with E-state index < -0.39 is 67.6 Å². The minimum Gasteiger partial charge on any atom is -0.484 e. The average molecular weight is 723 g/mol. The van der Waals surface area contributed by atoms with E-state index in [1.54, 1.807) is 19.1 Å². The highest BCUT2D eigenvalue weighted by atomic mass is 35.5. The summed E-state index contributed by atoms with van der Waals surface area (Å²) in [5.74, 6) is -2.74. The summed E-state index contributed by atoms with van der Waals surface area (Å²) in [7, 11) is -4.83. The number of benzene rings is 3. The Kier molecular flexibility index (Phi) is 10.8. The van der Waals surface area contributed by atoms with E-state index in [1.165, 1.54) is 42.5 Å². The second kappa shape index (κ2) is 14.7. The quantitative estimate of drug-likeness (QED) is 0.143. The first-order valence-corrected chi connectivity index (χ1v) is 17.2. The molecule has 3 aliphatic rings. The van der Waals surface area contributed by atoms with Crippen molar-refractivity contribution in [3.63, 3.8) is 0 Å². The van der Waals surface area contributed by atoms with Crippen LogP contribution in [0.15, 0.2) is 60.7 Å². The molecular formula is C33H34ClF2N2O10P. The number of amides is 2. The Morgan fingerprint density at radius 2 is 1.51 bits per heavy atom.